The van der Waals surface area contributed by atoms with E-state index in [-0.39, 0.29) is 11.2 Å². The lowest BCUT2D eigenvalue weighted by Gasteiger charge is -2.40. The zero-order valence-corrected chi connectivity index (χ0v) is 11.8. The van der Waals surface area contributed by atoms with Crippen molar-refractivity contribution in [1.82, 2.24) is 4.90 Å². The Labute approximate surface area is 108 Å². The molecule has 2 nitrogen and oxygen atoms in total. The van der Waals surface area contributed by atoms with E-state index in [4.69, 9.17) is 7.85 Å². The first-order valence-corrected chi connectivity index (χ1v) is 6.73. The number of carbonyl (C=O) groups is 1. The molecule has 1 aliphatic carbocycles. The number of aldehydes is 1. The standard InChI is InChI=1S/C14H26BNO/c1-11(9-16(3)4)7-13-8-14(2,15)6-5-12(13)10-17/h10-13H,5-9H2,1-4H3. The molecule has 3 heteroatoms. The minimum absolute atomic E-state index is 0.0674. The van der Waals surface area contributed by atoms with Crippen molar-refractivity contribution < 1.29 is 4.79 Å². The first-order chi connectivity index (χ1) is 7.84. The third-order valence-electron chi connectivity index (χ3n) is 3.94. The van der Waals surface area contributed by atoms with E-state index in [0.717, 1.165) is 38.5 Å². The second-order valence-corrected chi connectivity index (χ2v) is 6.56. The summed E-state index contributed by atoms with van der Waals surface area (Å²) in [7, 11) is 10.4. The lowest BCUT2D eigenvalue weighted by molar-refractivity contribution is -0.114. The van der Waals surface area contributed by atoms with Gasteiger partial charge >= 0.3 is 0 Å². The van der Waals surface area contributed by atoms with Crippen molar-refractivity contribution in [2.75, 3.05) is 20.6 Å². The Balaban J connectivity index is 2.55. The molecule has 0 aromatic heterocycles. The van der Waals surface area contributed by atoms with Crippen LogP contribution >= 0.6 is 0 Å². The zero-order chi connectivity index (χ0) is 13.1. The SMILES string of the molecule is [B]C1(C)CCC(C=O)C(CC(C)CN(C)C)C1. The topological polar surface area (TPSA) is 20.3 Å². The molecular weight excluding hydrogens is 209 g/mol. The maximum atomic E-state index is 11.1. The molecule has 96 valence electrons. The van der Waals surface area contributed by atoms with Gasteiger partial charge in [0.2, 0.25) is 0 Å². The number of carbonyl (C=O) groups excluding carboxylic acids is 1. The van der Waals surface area contributed by atoms with Crippen molar-refractivity contribution in [3.05, 3.63) is 0 Å². The Kier molecular flexibility index (Phi) is 5.24. The van der Waals surface area contributed by atoms with Crippen LogP contribution in [0, 0.1) is 17.8 Å². The van der Waals surface area contributed by atoms with Gasteiger partial charge in [0, 0.05) is 12.5 Å². The van der Waals surface area contributed by atoms with Crippen molar-refractivity contribution in [3.8, 4) is 0 Å². The van der Waals surface area contributed by atoms with Crippen LogP contribution in [0.4, 0.5) is 0 Å². The molecular formula is C14H26BNO. The molecule has 1 aliphatic rings. The van der Waals surface area contributed by atoms with Crippen LogP contribution in [0.25, 0.3) is 0 Å². The molecule has 0 heterocycles. The largest absolute Gasteiger partial charge is 0.309 e. The monoisotopic (exact) mass is 235 g/mol. The lowest BCUT2D eigenvalue weighted by Crippen LogP contribution is -2.31. The summed E-state index contributed by atoms with van der Waals surface area (Å²) < 4.78 is 0. The van der Waals surface area contributed by atoms with Crippen LogP contribution in [-0.2, 0) is 4.79 Å². The summed E-state index contributed by atoms with van der Waals surface area (Å²) in [6.07, 6.45) is 5.22. The maximum absolute atomic E-state index is 11.1. The summed E-state index contributed by atoms with van der Waals surface area (Å²) in [6, 6.07) is 0. The van der Waals surface area contributed by atoms with Gasteiger partial charge in [-0.15, -0.1) is 0 Å². The van der Waals surface area contributed by atoms with E-state index in [1.165, 1.54) is 0 Å². The zero-order valence-electron chi connectivity index (χ0n) is 11.8. The highest BCUT2D eigenvalue weighted by molar-refractivity contribution is 6.14. The first kappa shape index (κ1) is 14.8. The fourth-order valence-electron chi connectivity index (χ4n) is 3.24. The van der Waals surface area contributed by atoms with Gasteiger partial charge in [-0.3, -0.25) is 0 Å². The van der Waals surface area contributed by atoms with Crippen LogP contribution in [-0.4, -0.2) is 39.7 Å². The average molecular weight is 235 g/mol. The van der Waals surface area contributed by atoms with E-state index < -0.39 is 0 Å². The van der Waals surface area contributed by atoms with E-state index in [9.17, 15) is 4.79 Å². The Bertz CT molecular complexity index is 253. The number of nitrogens with zero attached hydrogens (tertiary/aromatic N) is 1. The van der Waals surface area contributed by atoms with Crippen LogP contribution in [0.1, 0.15) is 39.5 Å². The molecule has 1 rings (SSSR count). The van der Waals surface area contributed by atoms with E-state index in [0.29, 0.717) is 11.8 Å². The molecule has 0 spiro atoms. The predicted molar refractivity (Wildman–Crippen MR) is 73.4 cm³/mol. The molecule has 4 unspecified atom stereocenters. The second-order valence-electron chi connectivity index (χ2n) is 6.56. The van der Waals surface area contributed by atoms with E-state index >= 15 is 0 Å². The molecule has 0 saturated heterocycles. The highest BCUT2D eigenvalue weighted by Crippen LogP contribution is 2.46. The van der Waals surface area contributed by atoms with Crippen LogP contribution in [0.3, 0.4) is 0 Å². The van der Waals surface area contributed by atoms with Gasteiger partial charge in [-0.1, -0.05) is 32.0 Å². The number of hydrogen-bond acceptors (Lipinski definition) is 2. The van der Waals surface area contributed by atoms with Crippen molar-refractivity contribution in [2.45, 2.75) is 44.8 Å². The van der Waals surface area contributed by atoms with Gasteiger partial charge < -0.3 is 9.69 Å². The van der Waals surface area contributed by atoms with Crippen LogP contribution in [0.15, 0.2) is 0 Å². The average Bonchev–Trinajstić information content (AvgIpc) is 2.15. The van der Waals surface area contributed by atoms with Crippen molar-refractivity contribution in [1.29, 1.82) is 0 Å². The van der Waals surface area contributed by atoms with Crippen molar-refractivity contribution >= 4 is 14.1 Å². The molecule has 4 atom stereocenters. The molecule has 1 fully saturated rings. The van der Waals surface area contributed by atoms with Crippen LogP contribution in [0.5, 0.6) is 0 Å². The highest BCUT2D eigenvalue weighted by atomic mass is 16.1. The summed E-state index contributed by atoms with van der Waals surface area (Å²) in [5, 5.41) is -0.0674. The van der Waals surface area contributed by atoms with Gasteiger partial charge in [-0.25, -0.2) is 0 Å². The summed E-state index contributed by atoms with van der Waals surface area (Å²) in [6.45, 7) is 5.48. The lowest BCUT2D eigenvalue weighted by atomic mass is 9.56. The maximum Gasteiger partial charge on any atom is 0.123 e. The Morgan fingerprint density at radius 1 is 1.53 bits per heavy atom. The quantitative estimate of drug-likeness (QED) is 0.539. The Hall–Kier alpha value is -0.305. The molecule has 1 saturated carbocycles. The second kappa shape index (κ2) is 6.04. The minimum atomic E-state index is -0.0674. The van der Waals surface area contributed by atoms with Gasteiger partial charge in [-0.05, 0) is 38.8 Å². The Morgan fingerprint density at radius 3 is 2.71 bits per heavy atom. The molecule has 0 N–H and O–H groups in total. The predicted octanol–water partition coefficient (Wildman–Crippen LogP) is 2.54. The smallest absolute Gasteiger partial charge is 0.123 e. The number of hydrogen-bond donors (Lipinski definition) is 0. The van der Waals surface area contributed by atoms with Crippen LogP contribution in [0.2, 0.25) is 5.31 Å². The minimum Gasteiger partial charge on any atom is -0.309 e. The Morgan fingerprint density at radius 2 is 2.18 bits per heavy atom. The fraction of sp³-hybridized carbons (Fsp3) is 0.929. The van der Waals surface area contributed by atoms with E-state index in [1.807, 2.05) is 0 Å². The molecule has 0 aliphatic heterocycles. The third kappa shape index (κ3) is 4.83. The summed E-state index contributed by atoms with van der Waals surface area (Å²) in [4.78, 5) is 13.3. The van der Waals surface area contributed by atoms with Crippen molar-refractivity contribution in [2.24, 2.45) is 17.8 Å². The summed E-state index contributed by atoms with van der Waals surface area (Å²) in [5.41, 5.74) is 0. The molecule has 0 aromatic carbocycles. The molecule has 0 aromatic rings. The molecule has 17 heavy (non-hydrogen) atoms. The van der Waals surface area contributed by atoms with Crippen LogP contribution < -0.4 is 0 Å². The molecule has 0 amide bonds. The van der Waals surface area contributed by atoms with Gasteiger partial charge in [0.1, 0.15) is 6.29 Å². The van der Waals surface area contributed by atoms with Gasteiger partial charge in [0.15, 0.2) is 0 Å². The van der Waals surface area contributed by atoms with Gasteiger partial charge in [-0.2, -0.15) is 0 Å². The highest BCUT2D eigenvalue weighted by Gasteiger charge is 2.34. The van der Waals surface area contributed by atoms with Gasteiger partial charge in [0.05, 0.1) is 7.85 Å². The third-order valence-corrected chi connectivity index (χ3v) is 3.94. The molecule has 2 radical (unpaired) electrons. The summed E-state index contributed by atoms with van der Waals surface area (Å²) >= 11 is 0. The van der Waals surface area contributed by atoms with Crippen molar-refractivity contribution in [3.63, 3.8) is 0 Å². The normalized spacial score (nSPS) is 35.8. The number of rotatable bonds is 5. The summed E-state index contributed by atoms with van der Waals surface area (Å²) in [5.74, 6) is 1.34. The fourth-order valence-corrected chi connectivity index (χ4v) is 3.24. The van der Waals surface area contributed by atoms with E-state index in [2.05, 4.69) is 32.8 Å². The molecule has 0 bridgehead atoms. The van der Waals surface area contributed by atoms with E-state index in [1.54, 1.807) is 0 Å². The first-order valence-electron chi connectivity index (χ1n) is 6.73. The van der Waals surface area contributed by atoms with Gasteiger partial charge in [0.25, 0.3) is 0 Å².